The van der Waals surface area contributed by atoms with Gasteiger partial charge in [-0.25, -0.2) is 4.79 Å². The Hall–Kier alpha value is -1.86. The number of nitrogen functional groups attached to an aromatic ring is 1. The molecule has 126 valence electrons. The fourth-order valence-corrected chi connectivity index (χ4v) is 3.30. The summed E-state index contributed by atoms with van der Waals surface area (Å²) in [5, 5.41) is 0.469. The maximum absolute atomic E-state index is 12.1. The minimum absolute atomic E-state index is 0.154. The molecule has 0 saturated carbocycles. The molecule has 0 fully saturated rings. The van der Waals surface area contributed by atoms with E-state index in [0.29, 0.717) is 22.9 Å². The zero-order chi connectivity index (χ0) is 17.2. The maximum Gasteiger partial charge on any atom is 0.339 e. The highest BCUT2D eigenvalue weighted by Gasteiger charge is 2.19. The van der Waals surface area contributed by atoms with Crippen LogP contribution >= 0.6 is 0 Å². The van der Waals surface area contributed by atoms with Crippen LogP contribution in [-0.2, 0) is 16.5 Å². The van der Waals surface area contributed by atoms with Crippen molar-refractivity contribution in [3.8, 4) is 0 Å². The number of aryl methyl sites for hydroxylation is 1. The largest absolute Gasteiger partial charge is 0.422 e. The summed E-state index contributed by atoms with van der Waals surface area (Å²) in [6.45, 7) is 3.86. The molecule has 0 radical (unpaired) electrons. The lowest BCUT2D eigenvalue weighted by molar-refractivity contribution is 0.483. The van der Waals surface area contributed by atoms with Gasteiger partial charge in [-0.2, -0.15) is 8.42 Å². The van der Waals surface area contributed by atoms with Crippen LogP contribution in [0.2, 0.25) is 0 Å². The lowest BCUT2D eigenvalue weighted by Gasteiger charge is -2.10. The number of fused-ring (bicyclic) bond motifs is 1. The third-order valence-corrected chi connectivity index (χ3v) is 4.89. The summed E-state index contributed by atoms with van der Waals surface area (Å²) in [5.41, 5.74) is 6.47. The number of unbranched alkanes of at least 4 members (excludes halogenated alkanes) is 3. The van der Waals surface area contributed by atoms with E-state index >= 15 is 0 Å². The second-order valence-electron chi connectivity index (χ2n) is 5.66. The molecule has 3 N–H and O–H groups in total. The molecular weight excluding hydrogens is 318 g/mol. The van der Waals surface area contributed by atoms with Gasteiger partial charge in [0.1, 0.15) is 10.5 Å². The normalized spacial score (nSPS) is 12.0. The zero-order valence-electron chi connectivity index (χ0n) is 13.3. The first-order chi connectivity index (χ1) is 10.8. The Balaban J connectivity index is 2.55. The Labute approximate surface area is 135 Å². The van der Waals surface area contributed by atoms with Gasteiger partial charge < -0.3 is 10.2 Å². The lowest BCUT2D eigenvalue weighted by Crippen LogP contribution is -2.11. The molecule has 0 aliphatic rings. The molecule has 1 heterocycles. The summed E-state index contributed by atoms with van der Waals surface area (Å²) in [4.78, 5) is 11.8. The molecule has 0 amide bonds. The fourth-order valence-electron chi connectivity index (χ4n) is 2.67. The maximum atomic E-state index is 12.1. The van der Waals surface area contributed by atoms with Crippen molar-refractivity contribution < 1.29 is 17.4 Å². The number of anilines is 1. The smallest absolute Gasteiger partial charge is 0.339 e. The van der Waals surface area contributed by atoms with Crippen LogP contribution in [0.15, 0.2) is 26.2 Å². The highest BCUT2D eigenvalue weighted by molar-refractivity contribution is 7.86. The van der Waals surface area contributed by atoms with E-state index in [1.807, 2.05) is 0 Å². The van der Waals surface area contributed by atoms with Gasteiger partial charge in [0, 0.05) is 17.0 Å². The van der Waals surface area contributed by atoms with Crippen molar-refractivity contribution in [2.75, 3.05) is 5.73 Å². The van der Waals surface area contributed by atoms with Crippen molar-refractivity contribution >= 4 is 26.8 Å². The van der Waals surface area contributed by atoms with Gasteiger partial charge in [0.05, 0.1) is 5.69 Å². The van der Waals surface area contributed by atoms with Crippen molar-refractivity contribution in [1.82, 2.24) is 0 Å². The molecule has 0 bridgehead atoms. The third kappa shape index (κ3) is 3.73. The SMILES string of the molecule is CCCCCCc1c(C)c2cc(S(=O)(=O)O)c(N)cc2oc1=O. The molecule has 0 atom stereocenters. The number of hydrogen-bond acceptors (Lipinski definition) is 5. The number of nitrogens with two attached hydrogens (primary N) is 1. The first-order valence-electron chi connectivity index (χ1n) is 7.59. The third-order valence-electron chi connectivity index (χ3n) is 3.98. The Bertz CT molecular complexity index is 883. The van der Waals surface area contributed by atoms with Crippen molar-refractivity contribution in [2.45, 2.75) is 50.8 Å². The second kappa shape index (κ2) is 6.72. The molecule has 2 rings (SSSR count). The molecule has 2 aromatic rings. The van der Waals surface area contributed by atoms with Crippen LogP contribution in [0.1, 0.15) is 43.7 Å². The lowest BCUT2D eigenvalue weighted by atomic mass is 10.0. The predicted octanol–water partition coefficient (Wildman–Crippen LogP) is 3.05. The van der Waals surface area contributed by atoms with Gasteiger partial charge in [0.15, 0.2) is 0 Å². The van der Waals surface area contributed by atoms with Crippen LogP contribution in [0.25, 0.3) is 11.0 Å². The van der Waals surface area contributed by atoms with Crippen LogP contribution in [0.5, 0.6) is 0 Å². The van der Waals surface area contributed by atoms with E-state index in [1.54, 1.807) is 6.92 Å². The van der Waals surface area contributed by atoms with Gasteiger partial charge in [-0.15, -0.1) is 0 Å². The topological polar surface area (TPSA) is 111 Å². The first-order valence-corrected chi connectivity index (χ1v) is 9.03. The summed E-state index contributed by atoms with van der Waals surface area (Å²) in [5.74, 6) is 0. The van der Waals surface area contributed by atoms with Crippen LogP contribution < -0.4 is 11.4 Å². The van der Waals surface area contributed by atoms with E-state index in [-0.39, 0.29) is 16.2 Å². The average Bonchev–Trinajstić information content (AvgIpc) is 2.44. The molecule has 0 spiro atoms. The van der Waals surface area contributed by atoms with E-state index in [9.17, 15) is 17.8 Å². The summed E-state index contributed by atoms with van der Waals surface area (Å²) in [6, 6.07) is 2.52. The molecule has 23 heavy (non-hydrogen) atoms. The van der Waals surface area contributed by atoms with Gasteiger partial charge in [-0.05, 0) is 31.4 Å². The number of benzene rings is 1. The van der Waals surface area contributed by atoms with E-state index in [2.05, 4.69) is 6.92 Å². The minimum atomic E-state index is -4.43. The van der Waals surface area contributed by atoms with E-state index in [0.717, 1.165) is 25.7 Å². The van der Waals surface area contributed by atoms with Crippen LogP contribution in [-0.4, -0.2) is 13.0 Å². The zero-order valence-corrected chi connectivity index (χ0v) is 14.1. The highest BCUT2D eigenvalue weighted by Crippen LogP contribution is 2.28. The van der Waals surface area contributed by atoms with Crippen molar-refractivity contribution in [2.24, 2.45) is 0 Å². The summed E-state index contributed by atoms with van der Waals surface area (Å²) < 4.78 is 37.3. The summed E-state index contributed by atoms with van der Waals surface area (Å²) >= 11 is 0. The van der Waals surface area contributed by atoms with E-state index < -0.39 is 15.7 Å². The molecule has 1 aromatic heterocycles. The highest BCUT2D eigenvalue weighted by atomic mass is 32.2. The van der Waals surface area contributed by atoms with Crippen molar-refractivity contribution in [3.63, 3.8) is 0 Å². The molecule has 0 aliphatic carbocycles. The Kier molecular flexibility index (Phi) is 5.11. The standard InChI is InChI=1S/C16H21NO5S/c1-3-4-5-6-7-11-10(2)12-8-15(23(19,20)21)13(17)9-14(12)22-16(11)18/h8-9H,3-7,17H2,1-2H3,(H,19,20,21). The van der Waals surface area contributed by atoms with Crippen LogP contribution in [0.3, 0.4) is 0 Å². The first kappa shape index (κ1) is 17.5. The van der Waals surface area contributed by atoms with E-state index in [4.69, 9.17) is 10.2 Å². The quantitative estimate of drug-likeness (QED) is 0.362. The van der Waals surface area contributed by atoms with Gasteiger partial charge >= 0.3 is 5.63 Å². The molecule has 0 saturated heterocycles. The molecule has 7 heteroatoms. The van der Waals surface area contributed by atoms with Crippen LogP contribution in [0.4, 0.5) is 5.69 Å². The molecule has 6 nitrogen and oxygen atoms in total. The Morgan fingerprint density at radius 1 is 1.22 bits per heavy atom. The average molecular weight is 339 g/mol. The van der Waals surface area contributed by atoms with Gasteiger partial charge in [0.25, 0.3) is 10.1 Å². The second-order valence-corrected chi connectivity index (χ2v) is 7.05. The van der Waals surface area contributed by atoms with Crippen molar-refractivity contribution in [1.29, 1.82) is 0 Å². The van der Waals surface area contributed by atoms with Crippen LogP contribution in [0, 0.1) is 6.92 Å². The number of rotatable bonds is 6. The summed E-state index contributed by atoms with van der Waals surface area (Å²) in [6.07, 6.45) is 4.66. The van der Waals surface area contributed by atoms with Gasteiger partial charge in [0.2, 0.25) is 0 Å². The van der Waals surface area contributed by atoms with Gasteiger partial charge in [-0.1, -0.05) is 26.2 Å². The minimum Gasteiger partial charge on any atom is -0.422 e. The van der Waals surface area contributed by atoms with E-state index in [1.165, 1.54) is 12.1 Å². The monoisotopic (exact) mass is 339 g/mol. The number of hydrogen-bond donors (Lipinski definition) is 2. The van der Waals surface area contributed by atoms with Gasteiger partial charge in [-0.3, -0.25) is 4.55 Å². The predicted molar refractivity (Wildman–Crippen MR) is 89.3 cm³/mol. The van der Waals surface area contributed by atoms with Crippen molar-refractivity contribution in [3.05, 3.63) is 33.7 Å². The molecule has 0 unspecified atom stereocenters. The molecule has 0 aliphatic heterocycles. The summed E-state index contributed by atoms with van der Waals surface area (Å²) in [7, 11) is -4.43. The molecular formula is C16H21NO5S. The fraction of sp³-hybridized carbons (Fsp3) is 0.438. The Morgan fingerprint density at radius 2 is 1.91 bits per heavy atom. The molecule has 1 aromatic carbocycles. The Morgan fingerprint density at radius 3 is 2.52 bits per heavy atom.